The molecule has 170 valence electrons. The standard InChI is InChI=1S/C22H25BrN4O4S/c1-5-30-19-12-16(11-18(23)21(19)31-6-2)20(13-26(28)29)32-22-25-24-15(4)27(22)17-9-7-14(3)8-10-17/h7-12,20H,5-6,13H2,1-4H3/t20-/m1/s1. The predicted molar refractivity (Wildman–Crippen MR) is 128 cm³/mol. The maximum Gasteiger partial charge on any atom is 0.220 e. The van der Waals surface area contributed by atoms with E-state index in [1.165, 1.54) is 11.8 Å². The van der Waals surface area contributed by atoms with Crippen LogP contribution in [0.5, 0.6) is 11.5 Å². The summed E-state index contributed by atoms with van der Waals surface area (Å²) in [5.74, 6) is 1.84. The van der Waals surface area contributed by atoms with Crippen molar-refractivity contribution < 1.29 is 14.4 Å². The van der Waals surface area contributed by atoms with E-state index in [1.807, 2.05) is 62.6 Å². The third kappa shape index (κ3) is 5.60. The van der Waals surface area contributed by atoms with Gasteiger partial charge in [0.1, 0.15) is 11.1 Å². The Morgan fingerprint density at radius 1 is 1.12 bits per heavy atom. The summed E-state index contributed by atoms with van der Waals surface area (Å²) in [5.41, 5.74) is 2.78. The Labute approximate surface area is 199 Å². The van der Waals surface area contributed by atoms with Crippen LogP contribution in [0.1, 0.15) is 36.0 Å². The third-order valence-electron chi connectivity index (χ3n) is 4.64. The van der Waals surface area contributed by atoms with Crippen molar-refractivity contribution in [3.63, 3.8) is 0 Å². The summed E-state index contributed by atoms with van der Waals surface area (Å²) in [6.45, 7) is 8.30. The zero-order valence-corrected chi connectivity index (χ0v) is 20.8. The molecule has 0 amide bonds. The van der Waals surface area contributed by atoms with E-state index >= 15 is 0 Å². The van der Waals surface area contributed by atoms with E-state index in [-0.39, 0.29) is 11.5 Å². The number of ether oxygens (including phenoxy) is 2. The van der Waals surface area contributed by atoms with Crippen LogP contribution in [0.3, 0.4) is 0 Å². The molecule has 3 rings (SSSR count). The van der Waals surface area contributed by atoms with Crippen LogP contribution in [0.25, 0.3) is 5.69 Å². The number of thioether (sulfide) groups is 1. The summed E-state index contributed by atoms with van der Waals surface area (Å²) in [5, 5.41) is 20.1. The number of hydrogen-bond donors (Lipinski definition) is 0. The van der Waals surface area contributed by atoms with E-state index < -0.39 is 5.25 Å². The van der Waals surface area contributed by atoms with E-state index in [0.717, 1.165) is 16.8 Å². The average Bonchev–Trinajstić information content (AvgIpc) is 3.10. The quantitative estimate of drug-likeness (QED) is 0.196. The van der Waals surface area contributed by atoms with Gasteiger partial charge in [0.15, 0.2) is 16.7 Å². The smallest absolute Gasteiger partial charge is 0.220 e. The highest BCUT2D eigenvalue weighted by Crippen LogP contribution is 2.43. The Bertz CT molecular complexity index is 1090. The van der Waals surface area contributed by atoms with Crippen LogP contribution in [-0.2, 0) is 0 Å². The molecular weight excluding hydrogens is 496 g/mol. The zero-order valence-electron chi connectivity index (χ0n) is 18.4. The van der Waals surface area contributed by atoms with Gasteiger partial charge in [0.05, 0.1) is 17.7 Å². The van der Waals surface area contributed by atoms with Gasteiger partial charge in [-0.15, -0.1) is 10.2 Å². The largest absolute Gasteiger partial charge is 0.490 e. The number of benzene rings is 2. The SMILES string of the molecule is CCOc1cc([C@@H](C[N+](=O)[O-])Sc2nnc(C)n2-c2ccc(C)cc2)cc(Br)c1OCC. The Kier molecular flexibility index (Phi) is 8.14. The van der Waals surface area contributed by atoms with Crippen LogP contribution in [0.15, 0.2) is 46.0 Å². The number of aryl methyl sites for hydroxylation is 2. The van der Waals surface area contributed by atoms with Crippen molar-refractivity contribution in [2.24, 2.45) is 0 Å². The van der Waals surface area contributed by atoms with Crippen molar-refractivity contribution in [3.8, 4) is 17.2 Å². The lowest BCUT2D eigenvalue weighted by Gasteiger charge is -2.18. The molecule has 0 unspecified atom stereocenters. The molecule has 0 saturated heterocycles. The Hall–Kier alpha value is -2.59. The van der Waals surface area contributed by atoms with Gasteiger partial charge in [-0.2, -0.15) is 0 Å². The van der Waals surface area contributed by atoms with Gasteiger partial charge >= 0.3 is 0 Å². The first kappa shape index (κ1) is 24.1. The van der Waals surface area contributed by atoms with Crippen LogP contribution >= 0.6 is 27.7 Å². The lowest BCUT2D eigenvalue weighted by Crippen LogP contribution is -2.12. The van der Waals surface area contributed by atoms with Gasteiger partial charge in [0.25, 0.3) is 0 Å². The first-order valence-electron chi connectivity index (χ1n) is 10.2. The fraction of sp³-hybridized carbons (Fsp3) is 0.364. The molecule has 0 N–H and O–H groups in total. The number of halogens is 1. The Morgan fingerprint density at radius 3 is 2.44 bits per heavy atom. The summed E-state index contributed by atoms with van der Waals surface area (Å²) >= 11 is 4.84. The number of nitrogens with zero attached hydrogens (tertiary/aromatic N) is 4. The Balaban J connectivity index is 2.02. The van der Waals surface area contributed by atoms with E-state index in [9.17, 15) is 10.1 Å². The number of hydrogen-bond acceptors (Lipinski definition) is 7. The molecule has 1 atom stereocenters. The molecule has 0 radical (unpaired) electrons. The molecule has 0 spiro atoms. The normalized spacial score (nSPS) is 11.9. The molecule has 0 fully saturated rings. The summed E-state index contributed by atoms with van der Waals surface area (Å²) in [6, 6.07) is 11.6. The minimum Gasteiger partial charge on any atom is -0.490 e. The molecule has 2 aromatic carbocycles. The van der Waals surface area contributed by atoms with Crippen molar-refractivity contribution in [2.45, 2.75) is 38.1 Å². The highest BCUT2D eigenvalue weighted by atomic mass is 79.9. The summed E-state index contributed by atoms with van der Waals surface area (Å²) in [6.07, 6.45) is 0. The summed E-state index contributed by atoms with van der Waals surface area (Å²) < 4.78 is 14.1. The van der Waals surface area contributed by atoms with Crippen molar-refractivity contribution in [1.82, 2.24) is 14.8 Å². The molecule has 0 bridgehead atoms. The van der Waals surface area contributed by atoms with Gasteiger partial charge in [-0.3, -0.25) is 14.7 Å². The van der Waals surface area contributed by atoms with Crippen molar-refractivity contribution in [2.75, 3.05) is 19.8 Å². The molecule has 10 heteroatoms. The molecule has 0 aliphatic carbocycles. The minimum absolute atomic E-state index is 0.281. The predicted octanol–water partition coefficient (Wildman–Crippen LogP) is 5.55. The molecular formula is C22H25BrN4O4S. The maximum absolute atomic E-state index is 11.5. The molecule has 8 nitrogen and oxygen atoms in total. The molecule has 3 aromatic rings. The van der Waals surface area contributed by atoms with Gasteiger partial charge in [-0.25, -0.2) is 0 Å². The van der Waals surface area contributed by atoms with E-state index in [0.29, 0.717) is 40.2 Å². The van der Waals surface area contributed by atoms with Crippen LogP contribution in [0.4, 0.5) is 0 Å². The topological polar surface area (TPSA) is 92.3 Å². The van der Waals surface area contributed by atoms with Crippen LogP contribution < -0.4 is 9.47 Å². The maximum atomic E-state index is 11.5. The second-order valence-corrected chi connectivity index (χ2v) is 9.04. The minimum atomic E-state index is -0.510. The van der Waals surface area contributed by atoms with Gasteiger partial charge in [0, 0.05) is 10.6 Å². The van der Waals surface area contributed by atoms with E-state index in [1.54, 1.807) is 6.07 Å². The highest BCUT2D eigenvalue weighted by molar-refractivity contribution is 9.10. The van der Waals surface area contributed by atoms with Gasteiger partial charge in [-0.05, 0) is 73.5 Å². The second-order valence-electron chi connectivity index (χ2n) is 7.02. The number of nitro groups is 1. The van der Waals surface area contributed by atoms with Gasteiger partial charge < -0.3 is 9.47 Å². The first-order valence-corrected chi connectivity index (χ1v) is 11.9. The van der Waals surface area contributed by atoms with Crippen molar-refractivity contribution >= 4 is 27.7 Å². The first-order chi connectivity index (χ1) is 15.3. The highest BCUT2D eigenvalue weighted by Gasteiger charge is 2.26. The molecule has 0 aliphatic rings. The van der Waals surface area contributed by atoms with Gasteiger partial charge in [-0.1, -0.05) is 29.5 Å². The lowest BCUT2D eigenvalue weighted by molar-refractivity contribution is -0.479. The van der Waals surface area contributed by atoms with Crippen molar-refractivity contribution in [1.29, 1.82) is 0 Å². The number of rotatable bonds is 10. The number of aromatic nitrogens is 3. The third-order valence-corrected chi connectivity index (χ3v) is 6.41. The van der Waals surface area contributed by atoms with E-state index in [4.69, 9.17) is 9.47 Å². The Morgan fingerprint density at radius 2 is 1.81 bits per heavy atom. The van der Waals surface area contributed by atoms with E-state index in [2.05, 4.69) is 26.1 Å². The van der Waals surface area contributed by atoms with Crippen LogP contribution in [0, 0.1) is 24.0 Å². The second kappa shape index (κ2) is 10.8. The fourth-order valence-electron chi connectivity index (χ4n) is 3.20. The molecule has 0 saturated carbocycles. The van der Waals surface area contributed by atoms with Crippen LogP contribution in [-0.4, -0.2) is 39.4 Å². The van der Waals surface area contributed by atoms with Crippen molar-refractivity contribution in [3.05, 3.63) is 67.9 Å². The molecule has 1 heterocycles. The molecule has 1 aromatic heterocycles. The zero-order chi connectivity index (χ0) is 23.3. The lowest BCUT2D eigenvalue weighted by atomic mass is 10.1. The molecule has 0 aliphatic heterocycles. The summed E-state index contributed by atoms with van der Waals surface area (Å²) in [4.78, 5) is 11.2. The monoisotopic (exact) mass is 520 g/mol. The summed E-state index contributed by atoms with van der Waals surface area (Å²) in [7, 11) is 0. The van der Waals surface area contributed by atoms with Gasteiger partial charge in [0.2, 0.25) is 6.54 Å². The fourth-order valence-corrected chi connectivity index (χ4v) is 4.93. The van der Waals surface area contributed by atoms with Crippen LogP contribution in [0.2, 0.25) is 0 Å². The average molecular weight is 521 g/mol. The molecule has 32 heavy (non-hydrogen) atoms.